The van der Waals surface area contributed by atoms with Crippen LogP contribution in [0.25, 0.3) is 0 Å². The first-order valence-corrected chi connectivity index (χ1v) is 11.7. The van der Waals surface area contributed by atoms with E-state index in [1.807, 2.05) is 18.0 Å². The van der Waals surface area contributed by atoms with Gasteiger partial charge in [0, 0.05) is 50.6 Å². The highest BCUT2D eigenvalue weighted by molar-refractivity contribution is 5.79. The normalized spacial score (nSPS) is 21.1. The molecule has 0 aromatic carbocycles. The minimum Gasteiger partial charge on any atom is -0.481 e. The van der Waals surface area contributed by atoms with E-state index in [2.05, 4.69) is 25.9 Å². The van der Waals surface area contributed by atoms with Crippen molar-refractivity contribution in [2.75, 3.05) is 44.9 Å². The molecule has 0 unspecified atom stereocenters. The predicted molar refractivity (Wildman–Crippen MR) is 121 cm³/mol. The third kappa shape index (κ3) is 4.59. The van der Waals surface area contributed by atoms with Crippen molar-refractivity contribution in [1.29, 1.82) is 0 Å². The molecule has 33 heavy (non-hydrogen) atoms. The van der Waals surface area contributed by atoms with Crippen LogP contribution in [0.4, 0.5) is 5.69 Å². The number of pyridine rings is 1. The molecule has 0 N–H and O–H groups in total. The lowest BCUT2D eigenvalue weighted by atomic mass is 9.99. The van der Waals surface area contributed by atoms with Gasteiger partial charge in [-0.3, -0.25) is 4.79 Å². The molecule has 1 amide bonds. The lowest BCUT2D eigenvalue weighted by Gasteiger charge is -2.31. The second-order valence-corrected chi connectivity index (χ2v) is 8.99. The zero-order valence-corrected chi connectivity index (χ0v) is 19.3. The van der Waals surface area contributed by atoms with E-state index in [-0.39, 0.29) is 17.9 Å². The molecule has 0 saturated carbocycles. The SMILES string of the molecule is COc1ncc(N2CCc3ncnc(O[C@H]4CCN(C(=O)C5CCOCC5)C4)c3C2)cc1C. The molecule has 2 saturated heterocycles. The number of ether oxygens (including phenoxy) is 3. The Bertz CT molecular complexity index is 1010. The van der Waals surface area contributed by atoms with Gasteiger partial charge in [-0.25, -0.2) is 15.0 Å². The topological polar surface area (TPSA) is 89.9 Å². The minimum atomic E-state index is -0.0481. The first-order valence-electron chi connectivity index (χ1n) is 11.7. The highest BCUT2D eigenvalue weighted by Crippen LogP contribution is 2.31. The Kier molecular flexibility index (Phi) is 6.30. The summed E-state index contributed by atoms with van der Waals surface area (Å²) in [6.07, 6.45) is 6.65. The summed E-state index contributed by atoms with van der Waals surface area (Å²) < 4.78 is 17.1. The number of methoxy groups -OCH3 is 1. The van der Waals surface area contributed by atoms with Gasteiger partial charge in [-0.2, -0.15) is 0 Å². The first-order chi connectivity index (χ1) is 16.1. The molecule has 176 valence electrons. The third-order valence-electron chi connectivity index (χ3n) is 6.84. The standard InChI is InChI=1S/C24H31N5O4/c1-16-11-18(12-25-22(16)31-2)28-8-4-21-20(14-28)23(27-15-26-21)33-19-3-7-29(13-19)24(30)17-5-9-32-10-6-17/h11-12,15,17,19H,3-10,13-14H2,1-2H3/t19-/m0/s1. The summed E-state index contributed by atoms with van der Waals surface area (Å²) in [6.45, 7) is 6.22. The van der Waals surface area contributed by atoms with Crippen molar-refractivity contribution in [2.24, 2.45) is 5.92 Å². The van der Waals surface area contributed by atoms with Gasteiger partial charge in [0.1, 0.15) is 12.4 Å². The average molecular weight is 454 g/mol. The quantitative estimate of drug-likeness (QED) is 0.680. The highest BCUT2D eigenvalue weighted by Gasteiger charge is 2.33. The minimum absolute atomic E-state index is 0.0481. The fraction of sp³-hybridized carbons (Fsp3) is 0.583. The number of likely N-dealkylation sites (tertiary alicyclic amines) is 1. The molecule has 2 fully saturated rings. The maximum atomic E-state index is 12.9. The Morgan fingerprint density at radius 1 is 1.12 bits per heavy atom. The van der Waals surface area contributed by atoms with Crippen LogP contribution in [0.3, 0.4) is 0 Å². The number of rotatable bonds is 5. The van der Waals surface area contributed by atoms with Crippen molar-refractivity contribution in [2.45, 2.75) is 45.3 Å². The van der Waals surface area contributed by atoms with Crippen molar-refractivity contribution < 1.29 is 19.0 Å². The number of nitrogens with zero attached hydrogens (tertiary/aromatic N) is 5. The molecule has 0 aliphatic carbocycles. The van der Waals surface area contributed by atoms with Crippen LogP contribution in [-0.4, -0.2) is 71.8 Å². The van der Waals surface area contributed by atoms with Gasteiger partial charge in [-0.15, -0.1) is 0 Å². The van der Waals surface area contributed by atoms with Crippen LogP contribution in [0.2, 0.25) is 0 Å². The average Bonchev–Trinajstić information content (AvgIpc) is 3.32. The van der Waals surface area contributed by atoms with E-state index in [0.29, 0.717) is 38.1 Å². The molecule has 0 bridgehead atoms. The monoisotopic (exact) mass is 453 g/mol. The van der Waals surface area contributed by atoms with Gasteiger partial charge in [0.05, 0.1) is 43.3 Å². The van der Waals surface area contributed by atoms with E-state index in [4.69, 9.17) is 14.2 Å². The van der Waals surface area contributed by atoms with Crippen LogP contribution in [0.5, 0.6) is 11.8 Å². The molecule has 5 rings (SSSR count). The van der Waals surface area contributed by atoms with E-state index in [0.717, 1.165) is 61.3 Å². The largest absolute Gasteiger partial charge is 0.481 e. The van der Waals surface area contributed by atoms with Crippen molar-refractivity contribution in [3.8, 4) is 11.8 Å². The fourth-order valence-corrected chi connectivity index (χ4v) is 4.96. The maximum absolute atomic E-state index is 12.9. The van der Waals surface area contributed by atoms with Crippen molar-refractivity contribution in [3.05, 3.63) is 35.4 Å². The zero-order valence-electron chi connectivity index (χ0n) is 19.3. The van der Waals surface area contributed by atoms with Gasteiger partial charge in [0.2, 0.25) is 17.7 Å². The van der Waals surface area contributed by atoms with Crippen molar-refractivity contribution in [1.82, 2.24) is 19.9 Å². The van der Waals surface area contributed by atoms with Crippen LogP contribution in [0.15, 0.2) is 18.6 Å². The number of hydrogen-bond donors (Lipinski definition) is 0. The summed E-state index contributed by atoms with van der Waals surface area (Å²) in [4.78, 5) is 30.5. The Hall–Kier alpha value is -2.94. The molecule has 5 heterocycles. The lowest BCUT2D eigenvalue weighted by molar-refractivity contribution is -0.137. The first kappa shape index (κ1) is 21.9. The summed E-state index contributed by atoms with van der Waals surface area (Å²) in [6, 6.07) is 2.10. The Balaban J connectivity index is 1.27. The van der Waals surface area contributed by atoms with E-state index in [1.54, 1.807) is 13.4 Å². The van der Waals surface area contributed by atoms with Gasteiger partial charge in [0.15, 0.2) is 0 Å². The second kappa shape index (κ2) is 9.51. The van der Waals surface area contributed by atoms with Crippen LogP contribution >= 0.6 is 0 Å². The van der Waals surface area contributed by atoms with E-state index in [9.17, 15) is 4.79 Å². The number of amides is 1. The molecule has 0 radical (unpaired) electrons. The Morgan fingerprint density at radius 3 is 2.76 bits per heavy atom. The number of fused-ring (bicyclic) bond motifs is 1. The highest BCUT2D eigenvalue weighted by atomic mass is 16.5. The predicted octanol–water partition coefficient (Wildman–Crippen LogP) is 2.16. The molecular weight excluding hydrogens is 422 g/mol. The third-order valence-corrected chi connectivity index (χ3v) is 6.84. The summed E-state index contributed by atoms with van der Waals surface area (Å²) in [7, 11) is 1.63. The number of aryl methyl sites for hydroxylation is 1. The Morgan fingerprint density at radius 2 is 1.97 bits per heavy atom. The molecule has 3 aliphatic heterocycles. The Labute approximate surface area is 194 Å². The van der Waals surface area contributed by atoms with E-state index < -0.39 is 0 Å². The molecule has 1 atom stereocenters. The maximum Gasteiger partial charge on any atom is 0.225 e. The van der Waals surface area contributed by atoms with Gasteiger partial charge < -0.3 is 24.0 Å². The molecule has 9 heteroatoms. The van der Waals surface area contributed by atoms with E-state index >= 15 is 0 Å². The molecule has 0 spiro atoms. The lowest BCUT2D eigenvalue weighted by Crippen LogP contribution is -2.38. The summed E-state index contributed by atoms with van der Waals surface area (Å²) in [5.41, 5.74) is 4.10. The van der Waals surface area contributed by atoms with Gasteiger partial charge in [0.25, 0.3) is 0 Å². The summed E-state index contributed by atoms with van der Waals surface area (Å²) in [5.74, 6) is 1.60. The summed E-state index contributed by atoms with van der Waals surface area (Å²) >= 11 is 0. The smallest absolute Gasteiger partial charge is 0.225 e. The van der Waals surface area contributed by atoms with Gasteiger partial charge >= 0.3 is 0 Å². The molecule has 2 aromatic heterocycles. The number of aromatic nitrogens is 3. The van der Waals surface area contributed by atoms with Crippen LogP contribution < -0.4 is 14.4 Å². The van der Waals surface area contributed by atoms with Crippen LogP contribution in [0, 0.1) is 12.8 Å². The van der Waals surface area contributed by atoms with Crippen molar-refractivity contribution in [3.63, 3.8) is 0 Å². The van der Waals surface area contributed by atoms with Gasteiger partial charge in [-0.05, 0) is 25.8 Å². The number of anilines is 1. The van der Waals surface area contributed by atoms with E-state index in [1.165, 1.54) is 0 Å². The number of carbonyl (C=O) groups excluding carboxylic acids is 1. The molecule has 9 nitrogen and oxygen atoms in total. The van der Waals surface area contributed by atoms with Crippen molar-refractivity contribution >= 4 is 11.6 Å². The fourth-order valence-electron chi connectivity index (χ4n) is 4.96. The zero-order chi connectivity index (χ0) is 22.8. The number of hydrogen-bond acceptors (Lipinski definition) is 8. The number of carbonyl (C=O) groups is 1. The van der Waals surface area contributed by atoms with Crippen LogP contribution in [0.1, 0.15) is 36.1 Å². The second-order valence-electron chi connectivity index (χ2n) is 8.99. The molecular formula is C24H31N5O4. The van der Waals surface area contributed by atoms with Gasteiger partial charge in [-0.1, -0.05) is 0 Å². The molecule has 3 aliphatic rings. The molecule has 2 aromatic rings. The van der Waals surface area contributed by atoms with Crippen LogP contribution in [-0.2, 0) is 22.5 Å². The summed E-state index contributed by atoms with van der Waals surface area (Å²) in [5, 5.41) is 0.